The van der Waals surface area contributed by atoms with Crippen molar-refractivity contribution in [2.45, 2.75) is 32.9 Å². The molecule has 0 radical (unpaired) electrons. The highest BCUT2D eigenvalue weighted by Crippen LogP contribution is 2.28. The topological polar surface area (TPSA) is 38.7 Å². The number of hydrogen-bond acceptors (Lipinski definition) is 4. The molecule has 0 aromatic heterocycles. The lowest BCUT2D eigenvalue weighted by molar-refractivity contribution is 0.113. The number of aliphatic hydroxyl groups is 1. The van der Waals surface area contributed by atoms with Gasteiger partial charge in [-0.05, 0) is 25.1 Å². The van der Waals surface area contributed by atoms with Gasteiger partial charge in [-0.25, -0.2) is 0 Å². The molecule has 0 bridgehead atoms. The number of nitrogens with zero attached hydrogens (tertiary/aromatic N) is 2. The molecule has 2 rings (SSSR count). The van der Waals surface area contributed by atoms with Crippen molar-refractivity contribution >= 4 is 17.3 Å². The largest absolute Gasteiger partial charge is 0.392 e. The summed E-state index contributed by atoms with van der Waals surface area (Å²) in [5.74, 6) is 0.311. The van der Waals surface area contributed by atoms with Crippen LogP contribution in [0.3, 0.4) is 0 Å². The van der Waals surface area contributed by atoms with Crippen LogP contribution in [-0.4, -0.2) is 55.9 Å². The maximum absolute atomic E-state index is 10.1. The predicted molar refractivity (Wildman–Crippen MR) is 98.3 cm³/mol. The van der Waals surface area contributed by atoms with Gasteiger partial charge in [-0.3, -0.25) is 0 Å². The smallest absolute Gasteiger partial charge is 0.0690 e. The fourth-order valence-electron chi connectivity index (χ4n) is 2.88. The average Bonchev–Trinajstić information content (AvgIpc) is 2.56. The zero-order chi connectivity index (χ0) is 16.8. The first-order valence-electron chi connectivity index (χ1n) is 8.62. The molecule has 130 valence electrons. The fraction of sp³-hybridized carbons (Fsp3) is 0.667. The molecule has 5 heteroatoms. The van der Waals surface area contributed by atoms with Gasteiger partial charge in [0.15, 0.2) is 0 Å². The van der Waals surface area contributed by atoms with Gasteiger partial charge in [0, 0.05) is 55.5 Å². The van der Waals surface area contributed by atoms with Gasteiger partial charge in [-0.1, -0.05) is 37.9 Å². The Morgan fingerprint density at radius 1 is 1.26 bits per heavy atom. The summed E-state index contributed by atoms with van der Waals surface area (Å²) >= 11 is 6.44. The summed E-state index contributed by atoms with van der Waals surface area (Å²) in [4.78, 5) is 4.76. The fourth-order valence-corrected chi connectivity index (χ4v) is 3.12. The zero-order valence-corrected chi connectivity index (χ0v) is 15.3. The summed E-state index contributed by atoms with van der Waals surface area (Å²) in [5.41, 5.74) is 2.35. The second kappa shape index (κ2) is 8.88. The first kappa shape index (κ1) is 18.5. The zero-order valence-electron chi connectivity index (χ0n) is 14.6. The van der Waals surface area contributed by atoms with E-state index in [-0.39, 0.29) is 6.10 Å². The number of nitrogens with one attached hydrogen (secondary N) is 1. The van der Waals surface area contributed by atoms with Crippen molar-refractivity contribution in [1.82, 2.24) is 10.2 Å². The van der Waals surface area contributed by atoms with Crippen molar-refractivity contribution in [3.8, 4) is 0 Å². The summed E-state index contributed by atoms with van der Waals surface area (Å²) in [5, 5.41) is 14.3. The second-order valence-electron chi connectivity index (χ2n) is 6.61. The van der Waals surface area contributed by atoms with E-state index in [1.807, 2.05) is 12.1 Å². The average molecular weight is 340 g/mol. The molecule has 1 aromatic carbocycles. The number of halogens is 1. The van der Waals surface area contributed by atoms with Crippen LogP contribution in [0.1, 0.15) is 25.8 Å². The van der Waals surface area contributed by atoms with Gasteiger partial charge in [-0.15, -0.1) is 0 Å². The van der Waals surface area contributed by atoms with Crippen LogP contribution in [0.5, 0.6) is 0 Å². The van der Waals surface area contributed by atoms with Gasteiger partial charge in [0.1, 0.15) is 0 Å². The van der Waals surface area contributed by atoms with E-state index in [1.54, 1.807) is 0 Å². The Balaban J connectivity index is 2.00. The normalized spacial score (nSPS) is 18.9. The van der Waals surface area contributed by atoms with E-state index in [1.165, 1.54) is 5.69 Å². The van der Waals surface area contributed by atoms with Crippen LogP contribution in [0.2, 0.25) is 5.02 Å². The van der Waals surface area contributed by atoms with Crippen molar-refractivity contribution in [2.24, 2.45) is 5.92 Å². The van der Waals surface area contributed by atoms with Crippen molar-refractivity contribution in [3.63, 3.8) is 0 Å². The number of hydrogen-bond donors (Lipinski definition) is 2. The molecule has 0 amide bonds. The number of anilines is 1. The van der Waals surface area contributed by atoms with Crippen LogP contribution in [0, 0.1) is 5.92 Å². The van der Waals surface area contributed by atoms with E-state index in [2.05, 4.69) is 42.1 Å². The summed E-state index contributed by atoms with van der Waals surface area (Å²) in [6.45, 7) is 9.68. The van der Waals surface area contributed by atoms with Crippen LogP contribution in [0.4, 0.5) is 5.69 Å². The highest BCUT2D eigenvalue weighted by molar-refractivity contribution is 6.31. The van der Waals surface area contributed by atoms with Crippen LogP contribution in [0.25, 0.3) is 0 Å². The Bertz CT molecular complexity index is 489. The molecule has 0 aliphatic carbocycles. The van der Waals surface area contributed by atoms with Crippen molar-refractivity contribution in [3.05, 3.63) is 28.8 Å². The molecule has 1 fully saturated rings. The van der Waals surface area contributed by atoms with Crippen molar-refractivity contribution < 1.29 is 5.11 Å². The van der Waals surface area contributed by atoms with Gasteiger partial charge >= 0.3 is 0 Å². The molecule has 0 spiro atoms. The quantitative estimate of drug-likeness (QED) is 0.801. The van der Waals surface area contributed by atoms with Crippen LogP contribution >= 0.6 is 11.6 Å². The molecule has 2 unspecified atom stereocenters. The number of piperazine rings is 1. The number of likely N-dealkylation sites (N-methyl/N-ethyl adjacent to an activating group) is 1. The van der Waals surface area contributed by atoms with Gasteiger partial charge in [0.25, 0.3) is 0 Å². The van der Waals surface area contributed by atoms with Crippen molar-refractivity contribution in [1.29, 1.82) is 0 Å². The molecule has 1 aliphatic heterocycles. The lowest BCUT2D eigenvalue weighted by atomic mass is 10.0. The molecule has 23 heavy (non-hydrogen) atoms. The number of rotatable bonds is 7. The first-order valence-corrected chi connectivity index (χ1v) is 9.00. The van der Waals surface area contributed by atoms with E-state index in [0.717, 1.165) is 43.2 Å². The molecule has 2 N–H and O–H groups in total. The third-order valence-corrected chi connectivity index (χ3v) is 5.25. The van der Waals surface area contributed by atoms with Crippen LogP contribution < -0.4 is 10.2 Å². The maximum atomic E-state index is 10.1. The van der Waals surface area contributed by atoms with Crippen LogP contribution in [0.15, 0.2) is 18.2 Å². The molecule has 2 atom stereocenters. The minimum atomic E-state index is -0.311. The third kappa shape index (κ3) is 5.08. The van der Waals surface area contributed by atoms with Gasteiger partial charge in [-0.2, -0.15) is 0 Å². The minimum absolute atomic E-state index is 0.311. The maximum Gasteiger partial charge on any atom is 0.0690 e. The summed E-state index contributed by atoms with van der Waals surface area (Å²) in [7, 11) is 2.16. The molecule has 1 saturated heterocycles. The van der Waals surface area contributed by atoms with E-state index in [4.69, 9.17) is 11.6 Å². The Morgan fingerprint density at radius 3 is 2.61 bits per heavy atom. The molecule has 1 aromatic rings. The molecule has 4 nitrogen and oxygen atoms in total. The summed E-state index contributed by atoms with van der Waals surface area (Å²) in [6, 6.07) is 6.12. The standard InChI is InChI=1S/C18H30ClN3O/c1-4-14(2)18(23)13-20-12-15-16(19)6-5-7-17(15)22-10-8-21(3)9-11-22/h5-7,14,18,20,23H,4,8-13H2,1-3H3. The number of benzene rings is 1. The molecular weight excluding hydrogens is 310 g/mol. The van der Waals surface area contributed by atoms with Gasteiger partial charge < -0.3 is 20.2 Å². The summed E-state index contributed by atoms with van der Waals surface area (Å²) < 4.78 is 0. The second-order valence-corrected chi connectivity index (χ2v) is 7.02. The SMILES string of the molecule is CCC(C)C(O)CNCc1c(Cl)cccc1N1CCN(C)CC1. The molecular formula is C18H30ClN3O. The van der Waals surface area contributed by atoms with Gasteiger partial charge in [0.2, 0.25) is 0 Å². The Morgan fingerprint density at radius 2 is 1.96 bits per heavy atom. The van der Waals surface area contributed by atoms with E-state index in [0.29, 0.717) is 19.0 Å². The Labute approximate surface area is 145 Å². The lowest BCUT2D eigenvalue weighted by Crippen LogP contribution is -2.45. The first-order chi connectivity index (χ1) is 11.0. The molecule has 0 saturated carbocycles. The Kier molecular flexibility index (Phi) is 7.15. The van der Waals surface area contributed by atoms with Crippen molar-refractivity contribution in [2.75, 3.05) is 44.7 Å². The van der Waals surface area contributed by atoms with E-state index < -0.39 is 0 Å². The van der Waals surface area contributed by atoms with Gasteiger partial charge in [0.05, 0.1) is 6.10 Å². The highest BCUT2D eigenvalue weighted by Gasteiger charge is 2.19. The lowest BCUT2D eigenvalue weighted by Gasteiger charge is -2.35. The molecule has 1 heterocycles. The third-order valence-electron chi connectivity index (χ3n) is 4.89. The monoisotopic (exact) mass is 339 g/mol. The van der Waals surface area contributed by atoms with E-state index >= 15 is 0 Å². The van der Waals surface area contributed by atoms with E-state index in [9.17, 15) is 5.11 Å². The Hall–Kier alpha value is -0.810. The number of aliphatic hydroxyl groups excluding tert-OH is 1. The predicted octanol–water partition coefficient (Wildman–Crippen LogP) is 2.59. The molecule has 1 aliphatic rings. The van der Waals surface area contributed by atoms with Crippen LogP contribution in [-0.2, 0) is 6.54 Å². The highest BCUT2D eigenvalue weighted by atomic mass is 35.5. The summed E-state index contributed by atoms with van der Waals surface area (Å²) in [6.07, 6.45) is 0.677. The minimum Gasteiger partial charge on any atom is -0.392 e.